The second kappa shape index (κ2) is 8.92. The molecule has 0 fully saturated rings. The van der Waals surface area contributed by atoms with Gasteiger partial charge in [0.25, 0.3) is 0 Å². The summed E-state index contributed by atoms with van der Waals surface area (Å²) in [4.78, 5) is 3.91. The van der Waals surface area contributed by atoms with Gasteiger partial charge >= 0.3 is 0 Å². The number of halogens is 1. The molecule has 7 nitrogen and oxygen atoms in total. The van der Waals surface area contributed by atoms with E-state index < -0.39 is 16.0 Å². The Morgan fingerprint density at radius 2 is 1.82 bits per heavy atom. The lowest BCUT2D eigenvalue weighted by atomic mass is 10.1. The van der Waals surface area contributed by atoms with Crippen molar-refractivity contribution in [3.05, 3.63) is 77.5 Å². The fraction of sp³-hybridized carbons (Fsp3) is 0.250. The first-order chi connectivity index (χ1) is 15.7. The molecule has 2 N–H and O–H groups in total. The van der Waals surface area contributed by atoms with E-state index in [2.05, 4.69) is 20.1 Å². The molecule has 0 aliphatic rings. The molecule has 0 saturated carbocycles. The number of benzene rings is 2. The molecule has 33 heavy (non-hydrogen) atoms. The molecule has 0 unspecified atom stereocenters. The number of anilines is 1. The second-order valence-electron chi connectivity index (χ2n) is 8.26. The average molecular weight is 468 g/mol. The van der Waals surface area contributed by atoms with Gasteiger partial charge in [0.15, 0.2) is 0 Å². The van der Waals surface area contributed by atoms with Gasteiger partial charge in [0, 0.05) is 35.9 Å². The zero-order valence-corrected chi connectivity index (χ0v) is 19.7. The Balaban J connectivity index is 1.52. The molecule has 1 atom stereocenters. The van der Waals surface area contributed by atoms with Gasteiger partial charge in [-0.3, -0.25) is 0 Å². The fourth-order valence-electron chi connectivity index (χ4n) is 4.15. The van der Waals surface area contributed by atoms with Crippen LogP contribution in [0.25, 0.3) is 16.6 Å². The molecule has 0 amide bonds. The molecule has 0 aliphatic heterocycles. The molecule has 172 valence electrons. The van der Waals surface area contributed by atoms with Crippen LogP contribution in [0, 0.1) is 26.7 Å². The number of pyridine rings is 1. The first-order valence-electron chi connectivity index (χ1n) is 10.6. The molecule has 0 saturated heterocycles. The molecule has 9 heteroatoms. The number of aryl methyl sites for hydroxylation is 3. The third kappa shape index (κ3) is 4.74. The van der Waals surface area contributed by atoms with Gasteiger partial charge in [0.2, 0.25) is 16.0 Å². The SMILES string of the molecule is Cc1cc(C)c(S(=O)(=O)N[C@@H](C)CNc2cccc3c2cnn3-c2ccnc(F)c2)c(C)c1. The van der Waals surface area contributed by atoms with Crippen LogP contribution in [0.5, 0.6) is 0 Å². The predicted molar refractivity (Wildman–Crippen MR) is 128 cm³/mol. The van der Waals surface area contributed by atoms with Crippen molar-refractivity contribution in [2.45, 2.75) is 38.6 Å². The van der Waals surface area contributed by atoms with Crippen molar-refractivity contribution in [2.24, 2.45) is 0 Å². The van der Waals surface area contributed by atoms with Gasteiger partial charge in [-0.05, 0) is 57.0 Å². The minimum absolute atomic E-state index is 0.327. The minimum atomic E-state index is -3.67. The van der Waals surface area contributed by atoms with E-state index in [4.69, 9.17) is 0 Å². The van der Waals surface area contributed by atoms with Gasteiger partial charge in [-0.25, -0.2) is 22.8 Å². The average Bonchev–Trinajstić information content (AvgIpc) is 3.15. The molecule has 2 heterocycles. The second-order valence-corrected chi connectivity index (χ2v) is 9.91. The van der Waals surface area contributed by atoms with E-state index in [1.54, 1.807) is 16.9 Å². The summed E-state index contributed by atoms with van der Waals surface area (Å²) in [7, 11) is -3.67. The molecule has 0 spiro atoms. The van der Waals surface area contributed by atoms with Gasteiger partial charge in [0.05, 0.1) is 22.3 Å². The van der Waals surface area contributed by atoms with Gasteiger partial charge in [-0.2, -0.15) is 9.49 Å². The topological polar surface area (TPSA) is 88.9 Å². The maximum Gasteiger partial charge on any atom is 0.241 e. The van der Waals surface area contributed by atoms with E-state index in [-0.39, 0.29) is 6.04 Å². The number of hydrogen-bond acceptors (Lipinski definition) is 5. The summed E-state index contributed by atoms with van der Waals surface area (Å²) in [5, 5.41) is 8.54. The highest BCUT2D eigenvalue weighted by Gasteiger charge is 2.22. The van der Waals surface area contributed by atoms with Gasteiger partial charge in [0.1, 0.15) is 0 Å². The standard InChI is InChI=1S/C24H26FN5O2S/c1-15-10-16(2)24(17(3)11-15)33(31,32)29-18(4)13-27-21-6-5-7-22-20(21)14-28-30(22)19-8-9-26-23(25)12-19/h5-12,14,18,27,29H,13H2,1-4H3/t18-/m0/s1. The molecule has 4 aromatic rings. The zero-order valence-electron chi connectivity index (χ0n) is 18.9. The number of aromatic nitrogens is 3. The maximum absolute atomic E-state index is 13.6. The van der Waals surface area contributed by atoms with Crippen LogP contribution < -0.4 is 10.0 Å². The molecular weight excluding hydrogens is 441 g/mol. The summed E-state index contributed by atoms with van der Waals surface area (Å²) in [6, 6.07) is 12.0. The Morgan fingerprint density at radius 3 is 2.52 bits per heavy atom. The summed E-state index contributed by atoms with van der Waals surface area (Å²) >= 11 is 0. The minimum Gasteiger partial charge on any atom is -0.383 e. The third-order valence-corrected chi connectivity index (χ3v) is 7.29. The first kappa shape index (κ1) is 22.9. The number of hydrogen-bond donors (Lipinski definition) is 2. The Labute approximate surface area is 192 Å². The summed E-state index contributed by atoms with van der Waals surface area (Å²) in [5.74, 6) is -0.578. The van der Waals surface area contributed by atoms with Crippen LogP contribution in [0.15, 0.2) is 59.8 Å². The number of nitrogens with one attached hydrogen (secondary N) is 2. The van der Waals surface area contributed by atoms with Gasteiger partial charge in [-0.1, -0.05) is 23.8 Å². The highest BCUT2D eigenvalue weighted by molar-refractivity contribution is 7.89. The van der Waals surface area contributed by atoms with Crippen molar-refractivity contribution in [1.29, 1.82) is 0 Å². The van der Waals surface area contributed by atoms with Crippen LogP contribution >= 0.6 is 0 Å². The molecule has 2 aromatic carbocycles. The van der Waals surface area contributed by atoms with Crippen molar-refractivity contribution >= 4 is 26.6 Å². The number of sulfonamides is 1. The molecule has 0 aliphatic carbocycles. The molecule has 0 bridgehead atoms. The van der Waals surface area contributed by atoms with Crippen molar-refractivity contribution in [3.63, 3.8) is 0 Å². The van der Waals surface area contributed by atoms with E-state index in [9.17, 15) is 12.8 Å². The van der Waals surface area contributed by atoms with Crippen LogP contribution in [0.3, 0.4) is 0 Å². The monoisotopic (exact) mass is 467 g/mol. The molecule has 4 rings (SSSR count). The van der Waals surface area contributed by atoms with Gasteiger partial charge < -0.3 is 5.32 Å². The van der Waals surface area contributed by atoms with Crippen LogP contribution in [0.2, 0.25) is 0 Å². The molecule has 0 radical (unpaired) electrons. The van der Waals surface area contributed by atoms with E-state index in [0.717, 1.165) is 33.3 Å². The summed E-state index contributed by atoms with van der Waals surface area (Å²) in [6.07, 6.45) is 3.09. The lowest BCUT2D eigenvalue weighted by Crippen LogP contribution is -2.38. The quantitative estimate of drug-likeness (QED) is 0.397. The maximum atomic E-state index is 13.6. The van der Waals surface area contributed by atoms with E-state index >= 15 is 0 Å². The predicted octanol–water partition coefficient (Wildman–Crippen LogP) is 4.26. The first-order valence-corrected chi connectivity index (χ1v) is 12.1. The number of nitrogens with zero attached hydrogens (tertiary/aromatic N) is 3. The van der Waals surface area contributed by atoms with Crippen LogP contribution in [-0.2, 0) is 10.0 Å². The van der Waals surface area contributed by atoms with Crippen molar-refractivity contribution in [3.8, 4) is 5.69 Å². The van der Waals surface area contributed by atoms with Gasteiger partial charge in [-0.15, -0.1) is 0 Å². The number of fused-ring (bicyclic) bond motifs is 1. The normalized spacial score (nSPS) is 12.8. The molecular formula is C24H26FN5O2S. The third-order valence-electron chi connectivity index (χ3n) is 5.40. The Kier molecular flexibility index (Phi) is 6.18. The lowest BCUT2D eigenvalue weighted by Gasteiger charge is -2.18. The van der Waals surface area contributed by atoms with Crippen LogP contribution in [-0.4, -0.2) is 35.8 Å². The Morgan fingerprint density at radius 1 is 1.09 bits per heavy atom. The Bertz CT molecular complexity index is 1410. The van der Waals surface area contributed by atoms with E-state index in [1.165, 1.54) is 12.3 Å². The summed E-state index contributed by atoms with van der Waals surface area (Å²) in [6.45, 7) is 7.75. The largest absolute Gasteiger partial charge is 0.383 e. The van der Waals surface area contributed by atoms with E-state index in [0.29, 0.717) is 17.1 Å². The van der Waals surface area contributed by atoms with Crippen LogP contribution in [0.1, 0.15) is 23.6 Å². The number of rotatable bonds is 7. The van der Waals surface area contributed by atoms with Crippen molar-refractivity contribution < 1.29 is 12.8 Å². The van der Waals surface area contributed by atoms with Crippen LogP contribution in [0.4, 0.5) is 10.1 Å². The summed E-state index contributed by atoms with van der Waals surface area (Å²) < 4.78 is 44.0. The Hall–Kier alpha value is -3.30. The van der Waals surface area contributed by atoms with Crippen molar-refractivity contribution in [1.82, 2.24) is 19.5 Å². The summed E-state index contributed by atoms with van der Waals surface area (Å²) in [5.41, 5.74) is 4.66. The van der Waals surface area contributed by atoms with Crippen molar-refractivity contribution in [2.75, 3.05) is 11.9 Å². The smallest absolute Gasteiger partial charge is 0.241 e. The fourth-order valence-corrected chi connectivity index (χ4v) is 5.85. The highest BCUT2D eigenvalue weighted by atomic mass is 32.2. The van der Waals surface area contributed by atoms with E-state index in [1.807, 2.05) is 58.0 Å². The lowest BCUT2D eigenvalue weighted by molar-refractivity contribution is 0.564. The zero-order chi connectivity index (χ0) is 23.8. The molecule has 2 aromatic heterocycles. The highest BCUT2D eigenvalue weighted by Crippen LogP contribution is 2.26.